The highest BCUT2D eigenvalue weighted by molar-refractivity contribution is 5.65. The number of rotatable bonds is 2. The standard InChI is InChI=1S/C20H12N2O4/c23-14-8-5-12(6-9-14)20-21-19(22-26-20)13-7-10-17-18(11-13)25-16-4-2-1-3-15(16)24-17/h1-11,23H. The van der Waals surface area contributed by atoms with E-state index in [1.54, 1.807) is 24.3 Å². The number of fused-ring (bicyclic) bond motifs is 2. The molecule has 0 saturated heterocycles. The first-order valence-corrected chi connectivity index (χ1v) is 7.98. The minimum atomic E-state index is 0.181. The molecule has 6 heteroatoms. The van der Waals surface area contributed by atoms with Gasteiger partial charge in [0.1, 0.15) is 5.75 Å². The van der Waals surface area contributed by atoms with Crippen molar-refractivity contribution >= 4 is 0 Å². The summed E-state index contributed by atoms with van der Waals surface area (Å²) in [6.45, 7) is 0. The van der Waals surface area contributed by atoms with Crippen LogP contribution in [0.5, 0.6) is 28.7 Å². The van der Waals surface area contributed by atoms with Crippen molar-refractivity contribution in [2.75, 3.05) is 0 Å². The van der Waals surface area contributed by atoms with Gasteiger partial charge in [-0.25, -0.2) is 0 Å². The largest absolute Gasteiger partial charge is 0.508 e. The molecule has 0 saturated carbocycles. The maximum Gasteiger partial charge on any atom is 0.258 e. The second kappa shape index (κ2) is 5.63. The molecule has 126 valence electrons. The highest BCUT2D eigenvalue weighted by Crippen LogP contribution is 2.46. The van der Waals surface area contributed by atoms with Crippen LogP contribution in [0, 0.1) is 0 Å². The number of hydrogen-bond donors (Lipinski definition) is 1. The van der Waals surface area contributed by atoms with Crippen LogP contribution in [0.1, 0.15) is 0 Å². The normalized spacial score (nSPS) is 11.8. The van der Waals surface area contributed by atoms with Gasteiger partial charge in [0, 0.05) is 11.1 Å². The minimum Gasteiger partial charge on any atom is -0.508 e. The predicted molar refractivity (Wildman–Crippen MR) is 93.4 cm³/mol. The topological polar surface area (TPSA) is 77.6 Å². The van der Waals surface area contributed by atoms with Crippen LogP contribution in [0.4, 0.5) is 0 Å². The lowest BCUT2D eigenvalue weighted by Gasteiger charge is -2.20. The molecule has 1 N–H and O–H groups in total. The Kier molecular flexibility index (Phi) is 3.15. The molecule has 5 rings (SSSR count). The summed E-state index contributed by atoms with van der Waals surface area (Å²) in [5.74, 6) is 3.57. The fourth-order valence-electron chi connectivity index (χ4n) is 2.73. The molecule has 0 aliphatic carbocycles. The zero-order valence-electron chi connectivity index (χ0n) is 13.4. The lowest BCUT2D eigenvalue weighted by Crippen LogP contribution is -1.98. The summed E-state index contributed by atoms with van der Waals surface area (Å²) in [6.07, 6.45) is 0. The van der Waals surface area contributed by atoms with Gasteiger partial charge in [-0.3, -0.25) is 0 Å². The molecule has 0 bridgehead atoms. The maximum atomic E-state index is 9.38. The monoisotopic (exact) mass is 344 g/mol. The van der Waals surface area contributed by atoms with Gasteiger partial charge in [0.15, 0.2) is 23.0 Å². The molecular weight excluding hydrogens is 332 g/mol. The number of phenolic OH excluding ortho intramolecular Hbond substituents is 1. The number of nitrogens with zero attached hydrogens (tertiary/aromatic N) is 2. The Labute approximate surface area is 148 Å². The molecule has 0 radical (unpaired) electrons. The van der Waals surface area contributed by atoms with E-state index in [0.717, 1.165) is 11.1 Å². The van der Waals surface area contributed by atoms with Crippen molar-refractivity contribution in [3.8, 4) is 51.6 Å². The Morgan fingerprint density at radius 2 is 1.35 bits per heavy atom. The third kappa shape index (κ3) is 2.44. The number of aromatic nitrogens is 2. The van der Waals surface area contributed by atoms with Crippen LogP contribution in [-0.2, 0) is 0 Å². The van der Waals surface area contributed by atoms with Crippen LogP contribution < -0.4 is 9.47 Å². The Balaban J connectivity index is 1.48. The van der Waals surface area contributed by atoms with E-state index in [0.29, 0.717) is 34.7 Å². The van der Waals surface area contributed by atoms with Crippen molar-refractivity contribution in [1.82, 2.24) is 10.1 Å². The lowest BCUT2D eigenvalue weighted by atomic mass is 10.1. The average Bonchev–Trinajstić information content (AvgIpc) is 3.16. The van der Waals surface area contributed by atoms with E-state index in [1.807, 2.05) is 42.5 Å². The molecule has 1 aliphatic heterocycles. The van der Waals surface area contributed by atoms with Gasteiger partial charge in [-0.15, -0.1) is 0 Å². The molecule has 4 aromatic rings. The van der Waals surface area contributed by atoms with E-state index in [4.69, 9.17) is 14.0 Å². The van der Waals surface area contributed by atoms with Crippen molar-refractivity contribution < 1.29 is 19.1 Å². The molecule has 26 heavy (non-hydrogen) atoms. The van der Waals surface area contributed by atoms with Gasteiger partial charge in [-0.2, -0.15) is 4.98 Å². The molecule has 3 aromatic carbocycles. The number of hydrogen-bond acceptors (Lipinski definition) is 6. The number of phenols is 1. The van der Waals surface area contributed by atoms with E-state index in [-0.39, 0.29) is 5.75 Å². The first kappa shape index (κ1) is 14.5. The van der Waals surface area contributed by atoms with Crippen LogP contribution in [0.25, 0.3) is 22.8 Å². The summed E-state index contributed by atoms with van der Waals surface area (Å²) in [5.41, 5.74) is 1.48. The summed E-state index contributed by atoms with van der Waals surface area (Å²) < 4.78 is 17.1. The molecule has 6 nitrogen and oxygen atoms in total. The summed E-state index contributed by atoms with van der Waals surface area (Å²) in [6, 6.07) is 19.5. The molecular formula is C20H12N2O4. The van der Waals surface area contributed by atoms with E-state index in [1.165, 1.54) is 0 Å². The van der Waals surface area contributed by atoms with Gasteiger partial charge in [-0.05, 0) is 54.6 Å². The zero-order chi connectivity index (χ0) is 17.5. The highest BCUT2D eigenvalue weighted by Gasteiger charge is 2.20. The third-order valence-corrected chi connectivity index (χ3v) is 4.03. The van der Waals surface area contributed by atoms with Gasteiger partial charge in [-0.1, -0.05) is 17.3 Å². The first-order chi connectivity index (χ1) is 12.8. The van der Waals surface area contributed by atoms with Crippen LogP contribution in [-0.4, -0.2) is 15.2 Å². The summed E-state index contributed by atoms with van der Waals surface area (Å²) in [5, 5.41) is 13.4. The van der Waals surface area contributed by atoms with Crippen molar-refractivity contribution in [3.63, 3.8) is 0 Å². The highest BCUT2D eigenvalue weighted by atomic mass is 16.6. The molecule has 0 fully saturated rings. The van der Waals surface area contributed by atoms with Crippen molar-refractivity contribution in [2.24, 2.45) is 0 Å². The molecule has 2 heterocycles. The van der Waals surface area contributed by atoms with Crippen LogP contribution in [0.2, 0.25) is 0 Å². The molecule has 0 spiro atoms. The second-order valence-corrected chi connectivity index (χ2v) is 5.78. The molecule has 0 amide bonds. The summed E-state index contributed by atoms with van der Waals surface area (Å²) in [7, 11) is 0. The Bertz CT molecular complexity index is 1100. The van der Waals surface area contributed by atoms with E-state index in [9.17, 15) is 5.11 Å². The van der Waals surface area contributed by atoms with Crippen LogP contribution in [0.15, 0.2) is 71.3 Å². The van der Waals surface area contributed by atoms with Crippen LogP contribution >= 0.6 is 0 Å². The van der Waals surface area contributed by atoms with E-state index >= 15 is 0 Å². The Morgan fingerprint density at radius 1 is 0.692 bits per heavy atom. The lowest BCUT2D eigenvalue weighted by molar-refractivity contribution is 0.359. The van der Waals surface area contributed by atoms with Gasteiger partial charge < -0.3 is 19.1 Å². The second-order valence-electron chi connectivity index (χ2n) is 5.78. The van der Waals surface area contributed by atoms with Crippen LogP contribution in [0.3, 0.4) is 0 Å². The molecule has 1 aliphatic rings. The molecule has 0 atom stereocenters. The Morgan fingerprint density at radius 3 is 2.12 bits per heavy atom. The van der Waals surface area contributed by atoms with Gasteiger partial charge in [0.05, 0.1) is 0 Å². The van der Waals surface area contributed by atoms with Gasteiger partial charge >= 0.3 is 0 Å². The van der Waals surface area contributed by atoms with Crippen molar-refractivity contribution in [2.45, 2.75) is 0 Å². The third-order valence-electron chi connectivity index (χ3n) is 4.03. The zero-order valence-corrected chi connectivity index (χ0v) is 13.4. The van der Waals surface area contributed by atoms with Gasteiger partial charge in [0.25, 0.3) is 5.89 Å². The van der Waals surface area contributed by atoms with E-state index < -0.39 is 0 Å². The Hall–Kier alpha value is -3.80. The minimum absolute atomic E-state index is 0.181. The number of aromatic hydroxyl groups is 1. The summed E-state index contributed by atoms with van der Waals surface area (Å²) >= 11 is 0. The average molecular weight is 344 g/mol. The quantitative estimate of drug-likeness (QED) is 0.485. The van der Waals surface area contributed by atoms with Crippen molar-refractivity contribution in [3.05, 3.63) is 66.7 Å². The molecule has 1 aromatic heterocycles. The first-order valence-electron chi connectivity index (χ1n) is 7.98. The molecule has 0 unspecified atom stereocenters. The fraction of sp³-hybridized carbons (Fsp3) is 0. The smallest absolute Gasteiger partial charge is 0.258 e. The van der Waals surface area contributed by atoms with E-state index in [2.05, 4.69) is 10.1 Å². The van der Waals surface area contributed by atoms with Gasteiger partial charge in [0.2, 0.25) is 5.82 Å². The fourth-order valence-corrected chi connectivity index (χ4v) is 2.73. The summed E-state index contributed by atoms with van der Waals surface area (Å²) in [4.78, 5) is 4.42. The number of benzene rings is 3. The maximum absolute atomic E-state index is 9.38. The predicted octanol–water partition coefficient (Wildman–Crippen LogP) is 5.01. The van der Waals surface area contributed by atoms with Crippen molar-refractivity contribution in [1.29, 1.82) is 0 Å². The SMILES string of the molecule is Oc1ccc(-c2nc(-c3ccc4c(c3)Oc3ccccc3O4)no2)cc1. The number of para-hydroxylation sites is 2. The number of ether oxygens (including phenoxy) is 2.